The Labute approximate surface area is 141 Å². The number of hydrogen-bond donors (Lipinski definition) is 0. The van der Waals surface area contributed by atoms with Gasteiger partial charge in [0.2, 0.25) is 0 Å². The van der Waals surface area contributed by atoms with Crippen LogP contribution in [0.3, 0.4) is 0 Å². The van der Waals surface area contributed by atoms with E-state index in [4.69, 9.17) is 9.31 Å². The zero-order valence-electron chi connectivity index (χ0n) is 14.1. The van der Waals surface area contributed by atoms with Crippen molar-refractivity contribution in [2.24, 2.45) is 0 Å². The summed E-state index contributed by atoms with van der Waals surface area (Å²) in [6, 6.07) is 15.1. The Morgan fingerprint density at radius 3 is 2.43 bits per heavy atom. The molecule has 4 rings (SSSR count). The van der Waals surface area contributed by atoms with Crippen molar-refractivity contribution in [1.82, 2.24) is 0 Å². The molecule has 1 aromatic heterocycles. The first-order valence-corrected chi connectivity index (χ1v) is 8.71. The van der Waals surface area contributed by atoms with Gasteiger partial charge >= 0.3 is 7.12 Å². The summed E-state index contributed by atoms with van der Waals surface area (Å²) in [7, 11) is -0.389. The molecule has 0 amide bonds. The third-order valence-corrected chi connectivity index (χ3v) is 6.17. The standard InChI is InChI=1S/C19H19BO2S/c1-12-7-6-8-16-17(12)14-11-13(9-10-15(14)23-16)20-21-18(2,3)19(4,5)22-20/h6-8,11H,1-5H3. The van der Waals surface area contributed by atoms with Crippen LogP contribution in [0, 0.1) is 19.1 Å². The molecule has 1 saturated heterocycles. The topological polar surface area (TPSA) is 18.5 Å². The van der Waals surface area contributed by atoms with Gasteiger partial charge in [-0.1, -0.05) is 24.3 Å². The minimum absolute atomic E-state index is 0.340. The van der Waals surface area contributed by atoms with Crippen LogP contribution in [0.2, 0.25) is 0 Å². The van der Waals surface area contributed by atoms with Gasteiger partial charge in [0.25, 0.3) is 0 Å². The summed E-state index contributed by atoms with van der Waals surface area (Å²) in [5.41, 5.74) is 1.52. The maximum atomic E-state index is 6.15. The highest BCUT2D eigenvalue weighted by atomic mass is 32.1. The van der Waals surface area contributed by atoms with Gasteiger partial charge in [-0.15, -0.1) is 11.3 Å². The van der Waals surface area contributed by atoms with E-state index < -0.39 is 0 Å². The van der Waals surface area contributed by atoms with Gasteiger partial charge in [0.15, 0.2) is 0 Å². The zero-order chi connectivity index (χ0) is 16.4. The molecule has 116 valence electrons. The van der Waals surface area contributed by atoms with Crippen LogP contribution in [0.15, 0.2) is 24.3 Å². The lowest BCUT2D eigenvalue weighted by molar-refractivity contribution is 0.00578. The van der Waals surface area contributed by atoms with Crippen molar-refractivity contribution in [3.8, 4) is 0 Å². The maximum absolute atomic E-state index is 6.15. The van der Waals surface area contributed by atoms with E-state index in [1.807, 2.05) is 0 Å². The molecule has 23 heavy (non-hydrogen) atoms. The fourth-order valence-corrected chi connectivity index (χ4v) is 4.11. The molecule has 2 nitrogen and oxygen atoms in total. The van der Waals surface area contributed by atoms with Gasteiger partial charge in [0.05, 0.1) is 15.9 Å². The van der Waals surface area contributed by atoms with Crippen LogP contribution in [0.25, 0.3) is 20.2 Å². The number of thiophene rings is 1. The third-order valence-electron chi connectivity index (χ3n) is 5.09. The molecule has 3 aromatic rings. The second kappa shape index (κ2) is 4.74. The van der Waals surface area contributed by atoms with E-state index in [9.17, 15) is 0 Å². The van der Waals surface area contributed by atoms with Crippen LogP contribution in [-0.4, -0.2) is 18.3 Å². The average Bonchev–Trinajstić information content (AvgIpc) is 2.93. The highest BCUT2D eigenvalue weighted by Crippen LogP contribution is 2.37. The van der Waals surface area contributed by atoms with Gasteiger partial charge in [-0.2, -0.15) is 0 Å². The summed E-state index contributed by atoms with van der Waals surface area (Å²) >= 11 is 1.76. The average molecular weight is 322 g/mol. The quantitative estimate of drug-likeness (QED) is 0.623. The van der Waals surface area contributed by atoms with Gasteiger partial charge in [0.1, 0.15) is 0 Å². The first-order chi connectivity index (χ1) is 10.8. The van der Waals surface area contributed by atoms with Crippen LogP contribution < -0.4 is 5.46 Å². The second-order valence-electron chi connectivity index (χ2n) is 7.23. The number of fused-ring (bicyclic) bond motifs is 3. The molecule has 0 unspecified atom stereocenters. The molecule has 0 saturated carbocycles. The smallest absolute Gasteiger partial charge is 0.399 e. The minimum Gasteiger partial charge on any atom is -0.399 e. The number of benzene rings is 1. The zero-order valence-corrected chi connectivity index (χ0v) is 14.9. The molecule has 0 bridgehead atoms. The summed E-state index contributed by atoms with van der Waals surface area (Å²) in [4.78, 5) is 0. The summed E-state index contributed by atoms with van der Waals surface area (Å²) in [6.45, 7) is 10.4. The van der Waals surface area contributed by atoms with Crippen molar-refractivity contribution < 1.29 is 9.31 Å². The van der Waals surface area contributed by atoms with E-state index in [0.717, 1.165) is 10.2 Å². The second-order valence-corrected chi connectivity index (χ2v) is 8.28. The SMILES string of the molecule is Cc1cccc2sc3c#cc(B4OC(C)(C)C(C)(C)O4)cc3c12. The van der Waals surface area contributed by atoms with Crippen molar-refractivity contribution in [3.05, 3.63) is 42.0 Å². The Morgan fingerprint density at radius 2 is 1.74 bits per heavy atom. The first-order valence-electron chi connectivity index (χ1n) is 7.90. The summed E-state index contributed by atoms with van der Waals surface area (Å²) in [6.07, 6.45) is 0. The Morgan fingerprint density at radius 1 is 1.04 bits per heavy atom. The fraction of sp³-hybridized carbons (Fsp3) is 0.368. The molecule has 2 heterocycles. The molecule has 4 heteroatoms. The van der Waals surface area contributed by atoms with E-state index in [-0.39, 0.29) is 18.3 Å². The van der Waals surface area contributed by atoms with Crippen LogP contribution in [0.5, 0.6) is 0 Å². The number of hydrogen-bond acceptors (Lipinski definition) is 3. The van der Waals surface area contributed by atoms with Crippen molar-refractivity contribution in [1.29, 1.82) is 0 Å². The van der Waals surface area contributed by atoms with E-state index in [2.05, 4.69) is 71.0 Å². The lowest BCUT2D eigenvalue weighted by atomic mass is 9.79. The van der Waals surface area contributed by atoms with E-state index in [0.29, 0.717) is 0 Å². The molecule has 0 atom stereocenters. The molecule has 0 spiro atoms. The predicted molar refractivity (Wildman–Crippen MR) is 97.5 cm³/mol. The lowest BCUT2D eigenvalue weighted by Gasteiger charge is -2.32. The molecule has 1 aliphatic rings. The summed E-state index contributed by atoms with van der Waals surface area (Å²) in [5, 5.41) is 2.52. The van der Waals surface area contributed by atoms with Crippen molar-refractivity contribution in [3.63, 3.8) is 0 Å². The molecule has 0 N–H and O–H groups in total. The molecule has 0 aliphatic carbocycles. The number of aryl methyl sites for hydroxylation is 1. The third kappa shape index (κ3) is 2.19. The van der Waals surface area contributed by atoms with Gasteiger partial charge in [-0.3, -0.25) is 0 Å². The Bertz CT molecular complexity index is 894. The highest BCUT2D eigenvalue weighted by molar-refractivity contribution is 7.25. The van der Waals surface area contributed by atoms with E-state index in [1.54, 1.807) is 11.3 Å². The van der Waals surface area contributed by atoms with Gasteiger partial charge in [0, 0.05) is 20.9 Å². The van der Waals surface area contributed by atoms with Crippen LogP contribution in [0.4, 0.5) is 0 Å². The summed E-state index contributed by atoms with van der Waals surface area (Å²) < 4.78 is 14.7. The maximum Gasteiger partial charge on any atom is 0.503 e. The molecule has 2 aromatic carbocycles. The van der Waals surface area contributed by atoms with Gasteiger partial charge < -0.3 is 9.31 Å². The molecule has 0 radical (unpaired) electrons. The predicted octanol–water partition coefficient (Wildman–Crippen LogP) is 4.26. The minimum atomic E-state index is -0.389. The largest absolute Gasteiger partial charge is 0.503 e. The number of rotatable bonds is 1. The Balaban J connectivity index is 1.85. The van der Waals surface area contributed by atoms with Crippen molar-refractivity contribution in [2.75, 3.05) is 0 Å². The highest BCUT2D eigenvalue weighted by Gasteiger charge is 2.52. The molecule has 1 fully saturated rings. The summed E-state index contributed by atoms with van der Waals surface area (Å²) in [5.74, 6) is 0. The molecule has 1 aliphatic heterocycles. The van der Waals surface area contributed by atoms with E-state index >= 15 is 0 Å². The molecular weight excluding hydrogens is 303 g/mol. The molecular formula is C19H19BO2S. The van der Waals surface area contributed by atoms with Crippen LogP contribution >= 0.6 is 11.3 Å². The van der Waals surface area contributed by atoms with Gasteiger partial charge in [-0.25, -0.2) is 0 Å². The monoisotopic (exact) mass is 322 g/mol. The van der Waals surface area contributed by atoms with Crippen LogP contribution in [0.1, 0.15) is 33.3 Å². The van der Waals surface area contributed by atoms with E-state index in [1.165, 1.54) is 21.0 Å². The Kier molecular flexibility index (Phi) is 3.09. The van der Waals surface area contributed by atoms with Crippen LogP contribution in [-0.2, 0) is 9.31 Å². The first kappa shape index (κ1) is 15.0. The lowest BCUT2D eigenvalue weighted by Crippen LogP contribution is -2.41. The Hall–Kier alpha value is -1.54. The van der Waals surface area contributed by atoms with Crippen molar-refractivity contribution >= 4 is 44.1 Å². The fourth-order valence-electron chi connectivity index (χ4n) is 3.00. The van der Waals surface area contributed by atoms with Crippen molar-refractivity contribution in [2.45, 2.75) is 45.8 Å². The normalized spacial score (nSPS) is 19.4. The van der Waals surface area contributed by atoms with Gasteiger partial charge in [-0.05, 0) is 52.3 Å².